The summed E-state index contributed by atoms with van der Waals surface area (Å²) in [4.78, 5) is 28.6. The van der Waals surface area contributed by atoms with Crippen LogP contribution in [-0.4, -0.2) is 30.4 Å². The Hall–Kier alpha value is -4.28. The average Bonchev–Trinajstić information content (AvgIpc) is 3.20. The highest BCUT2D eigenvalue weighted by Crippen LogP contribution is 2.28. The molecule has 174 valence electrons. The maximum absolute atomic E-state index is 14.7. The number of amides is 1. The Bertz CT molecular complexity index is 1320. The lowest BCUT2D eigenvalue weighted by molar-refractivity contribution is -0.115. The second-order valence-electron chi connectivity index (χ2n) is 7.73. The number of pyridine rings is 1. The summed E-state index contributed by atoms with van der Waals surface area (Å²) < 4.78 is 43.4. The topological polar surface area (TPSA) is 97.6 Å². The maximum Gasteiger partial charge on any atom is 0.272 e. The summed E-state index contributed by atoms with van der Waals surface area (Å²) in [6.07, 6.45) is 8.50. The third kappa shape index (κ3) is 5.55. The molecule has 0 aliphatic carbocycles. The van der Waals surface area contributed by atoms with Crippen molar-refractivity contribution in [2.45, 2.75) is 19.3 Å². The van der Waals surface area contributed by atoms with Crippen molar-refractivity contribution in [1.29, 1.82) is 0 Å². The first-order valence-electron chi connectivity index (χ1n) is 10.2. The van der Waals surface area contributed by atoms with Crippen molar-refractivity contribution >= 4 is 23.4 Å². The van der Waals surface area contributed by atoms with Gasteiger partial charge in [-0.1, -0.05) is 12.1 Å². The van der Waals surface area contributed by atoms with Gasteiger partial charge in [0.05, 0.1) is 24.6 Å². The molecular formula is C23H20F3N7O. The van der Waals surface area contributed by atoms with Crippen molar-refractivity contribution in [2.24, 2.45) is 7.05 Å². The van der Waals surface area contributed by atoms with Gasteiger partial charge in [-0.05, 0) is 23.3 Å². The van der Waals surface area contributed by atoms with E-state index in [1.54, 1.807) is 35.6 Å². The SMILES string of the molecule is Cn1cnc(Nc2ncc(-c3ccc(CC(=O)Nc4cncc(C(C)(F)F)c4)c(F)c3)cn2)c1. The molecule has 3 aromatic heterocycles. The van der Waals surface area contributed by atoms with Crippen LogP contribution >= 0.6 is 0 Å². The molecule has 0 atom stereocenters. The van der Waals surface area contributed by atoms with Crippen molar-refractivity contribution in [3.8, 4) is 11.1 Å². The molecule has 3 heterocycles. The van der Waals surface area contributed by atoms with Crippen LogP contribution in [0.2, 0.25) is 0 Å². The quantitative estimate of drug-likeness (QED) is 0.417. The molecule has 0 fully saturated rings. The molecule has 11 heteroatoms. The van der Waals surface area contributed by atoms with Crippen LogP contribution in [0.15, 0.2) is 61.6 Å². The molecular weight excluding hydrogens is 447 g/mol. The second kappa shape index (κ2) is 9.30. The first-order valence-corrected chi connectivity index (χ1v) is 10.2. The molecule has 0 aliphatic heterocycles. The number of aromatic nitrogens is 5. The van der Waals surface area contributed by atoms with E-state index >= 15 is 0 Å². The highest BCUT2D eigenvalue weighted by molar-refractivity contribution is 5.92. The van der Waals surface area contributed by atoms with Crippen LogP contribution < -0.4 is 10.6 Å². The molecule has 0 saturated heterocycles. The lowest BCUT2D eigenvalue weighted by Gasteiger charge is -2.12. The largest absolute Gasteiger partial charge is 0.338 e. The number of rotatable bonds is 7. The Balaban J connectivity index is 1.41. The van der Waals surface area contributed by atoms with Crippen LogP contribution in [0.3, 0.4) is 0 Å². The Labute approximate surface area is 192 Å². The third-order valence-corrected chi connectivity index (χ3v) is 4.86. The Kier molecular flexibility index (Phi) is 6.26. The highest BCUT2D eigenvalue weighted by atomic mass is 19.3. The van der Waals surface area contributed by atoms with E-state index in [4.69, 9.17) is 0 Å². The number of anilines is 3. The van der Waals surface area contributed by atoms with Gasteiger partial charge < -0.3 is 15.2 Å². The van der Waals surface area contributed by atoms with Crippen molar-refractivity contribution in [1.82, 2.24) is 24.5 Å². The number of halogens is 3. The van der Waals surface area contributed by atoms with Crippen LogP contribution in [0.5, 0.6) is 0 Å². The van der Waals surface area contributed by atoms with Gasteiger partial charge in [0.1, 0.15) is 5.82 Å². The zero-order chi connectivity index (χ0) is 24.3. The second-order valence-corrected chi connectivity index (χ2v) is 7.73. The fourth-order valence-electron chi connectivity index (χ4n) is 3.13. The molecule has 4 aromatic rings. The van der Waals surface area contributed by atoms with E-state index in [1.807, 2.05) is 7.05 Å². The zero-order valence-corrected chi connectivity index (χ0v) is 18.3. The van der Waals surface area contributed by atoms with Crippen molar-refractivity contribution in [3.05, 3.63) is 78.5 Å². The molecule has 0 bridgehead atoms. The summed E-state index contributed by atoms with van der Waals surface area (Å²) in [5, 5.41) is 5.43. The fraction of sp³-hybridized carbons (Fsp3) is 0.174. The summed E-state index contributed by atoms with van der Waals surface area (Å²) in [5.74, 6) is -3.30. The number of nitrogens with one attached hydrogen (secondary N) is 2. The lowest BCUT2D eigenvalue weighted by Crippen LogP contribution is -2.16. The van der Waals surface area contributed by atoms with Gasteiger partial charge in [0, 0.05) is 49.9 Å². The van der Waals surface area contributed by atoms with Crippen LogP contribution in [0.1, 0.15) is 18.1 Å². The Morgan fingerprint density at radius 2 is 1.82 bits per heavy atom. The van der Waals surface area contributed by atoms with E-state index in [1.165, 1.54) is 18.3 Å². The molecule has 2 N–H and O–H groups in total. The number of hydrogen-bond acceptors (Lipinski definition) is 6. The van der Waals surface area contributed by atoms with Gasteiger partial charge in [-0.25, -0.2) is 28.1 Å². The van der Waals surface area contributed by atoms with Crippen molar-refractivity contribution in [2.75, 3.05) is 10.6 Å². The number of benzene rings is 1. The van der Waals surface area contributed by atoms with Gasteiger partial charge in [-0.2, -0.15) is 0 Å². The molecule has 0 aliphatic rings. The van der Waals surface area contributed by atoms with Gasteiger partial charge in [-0.15, -0.1) is 0 Å². The van der Waals surface area contributed by atoms with Gasteiger partial charge in [-0.3, -0.25) is 9.78 Å². The third-order valence-electron chi connectivity index (χ3n) is 4.86. The van der Waals surface area contributed by atoms with Gasteiger partial charge >= 0.3 is 0 Å². The normalized spacial score (nSPS) is 11.3. The van der Waals surface area contributed by atoms with Crippen LogP contribution in [0.25, 0.3) is 11.1 Å². The Morgan fingerprint density at radius 3 is 2.47 bits per heavy atom. The summed E-state index contributed by atoms with van der Waals surface area (Å²) in [6.45, 7) is 0.738. The van der Waals surface area contributed by atoms with Crippen LogP contribution in [0.4, 0.5) is 30.6 Å². The van der Waals surface area contributed by atoms with E-state index < -0.39 is 17.6 Å². The van der Waals surface area contributed by atoms with E-state index in [2.05, 4.69) is 30.6 Å². The average molecular weight is 467 g/mol. The van der Waals surface area contributed by atoms with Gasteiger partial charge in [0.15, 0.2) is 5.82 Å². The molecule has 0 unspecified atom stereocenters. The predicted octanol–water partition coefficient (Wildman–Crippen LogP) is 4.45. The molecule has 1 aromatic carbocycles. The number of nitrogens with zero attached hydrogens (tertiary/aromatic N) is 5. The summed E-state index contributed by atoms with van der Waals surface area (Å²) in [7, 11) is 1.84. The van der Waals surface area contributed by atoms with E-state index in [-0.39, 0.29) is 23.2 Å². The number of alkyl halides is 2. The minimum Gasteiger partial charge on any atom is -0.338 e. The van der Waals surface area contributed by atoms with Crippen molar-refractivity contribution < 1.29 is 18.0 Å². The van der Waals surface area contributed by atoms with Crippen LogP contribution in [0, 0.1) is 5.82 Å². The molecule has 0 saturated carbocycles. The summed E-state index contributed by atoms with van der Waals surface area (Å²) in [5.41, 5.74) is 1.06. The molecule has 0 radical (unpaired) electrons. The van der Waals surface area contributed by atoms with E-state index in [0.29, 0.717) is 22.9 Å². The number of aryl methyl sites for hydroxylation is 1. The minimum atomic E-state index is -3.09. The van der Waals surface area contributed by atoms with E-state index in [0.717, 1.165) is 19.2 Å². The zero-order valence-electron chi connectivity index (χ0n) is 18.3. The molecule has 34 heavy (non-hydrogen) atoms. The molecule has 0 spiro atoms. The highest BCUT2D eigenvalue weighted by Gasteiger charge is 2.25. The first kappa shape index (κ1) is 22.9. The van der Waals surface area contributed by atoms with Gasteiger partial charge in [0.2, 0.25) is 11.9 Å². The number of carbonyl (C=O) groups excluding carboxylic acids is 1. The van der Waals surface area contributed by atoms with E-state index in [9.17, 15) is 18.0 Å². The number of carbonyl (C=O) groups is 1. The minimum absolute atomic E-state index is 0.109. The lowest BCUT2D eigenvalue weighted by atomic mass is 10.0. The predicted molar refractivity (Wildman–Crippen MR) is 120 cm³/mol. The van der Waals surface area contributed by atoms with Crippen LogP contribution in [-0.2, 0) is 24.2 Å². The van der Waals surface area contributed by atoms with Gasteiger partial charge in [0.25, 0.3) is 5.92 Å². The standard InChI is InChI=1S/C23H20F3N7O/c1-23(25,26)17-7-18(11-27-10-17)31-21(34)6-15-4-3-14(5-19(15)24)16-8-28-22(29-9-16)32-20-12-33(2)13-30-20/h3-5,7-13H,6H2,1-2H3,(H,31,34)(H,28,29,32). The monoisotopic (exact) mass is 467 g/mol. The number of hydrogen-bond donors (Lipinski definition) is 2. The smallest absolute Gasteiger partial charge is 0.272 e. The van der Waals surface area contributed by atoms with Crippen molar-refractivity contribution in [3.63, 3.8) is 0 Å². The fourth-order valence-corrected chi connectivity index (χ4v) is 3.13. The number of imidazole rings is 1. The summed E-state index contributed by atoms with van der Waals surface area (Å²) >= 11 is 0. The Morgan fingerprint density at radius 1 is 1.06 bits per heavy atom. The molecule has 1 amide bonds. The first-order chi connectivity index (χ1) is 16.2. The molecule has 4 rings (SSSR count). The summed E-state index contributed by atoms with van der Waals surface area (Å²) in [6, 6.07) is 5.55. The maximum atomic E-state index is 14.7. The molecule has 8 nitrogen and oxygen atoms in total.